The van der Waals surface area contributed by atoms with Crippen molar-refractivity contribution >= 4 is 43.9 Å². The molecule has 188 valence electrons. The maximum atomic E-state index is 2.45. The van der Waals surface area contributed by atoms with Gasteiger partial charge in [0.25, 0.3) is 0 Å². The fraction of sp³-hybridized carbons (Fsp3) is 0. The Kier molecular flexibility index (Phi) is 5.39. The summed E-state index contributed by atoms with van der Waals surface area (Å²) in [6.07, 6.45) is 0. The molecule has 0 aliphatic rings. The van der Waals surface area contributed by atoms with Gasteiger partial charge in [-0.1, -0.05) is 133 Å². The predicted octanol–water partition coefficient (Wildman–Crippen LogP) is 11.0. The molecule has 0 spiro atoms. The van der Waals surface area contributed by atoms with Crippen molar-refractivity contribution in [3.63, 3.8) is 0 Å². The summed E-state index contributed by atoms with van der Waals surface area (Å²) >= 11 is 1.90. The van der Waals surface area contributed by atoms with Gasteiger partial charge in [-0.3, -0.25) is 0 Å². The Labute approximate surface area is 237 Å². The molecular weight excluding hydrogens is 502 g/mol. The van der Waals surface area contributed by atoms with Crippen LogP contribution in [0.1, 0.15) is 0 Å². The van der Waals surface area contributed by atoms with Crippen LogP contribution in [-0.4, -0.2) is 4.57 Å². The van der Waals surface area contributed by atoms with E-state index >= 15 is 0 Å². The van der Waals surface area contributed by atoms with Crippen LogP contribution in [-0.2, 0) is 0 Å². The first kappa shape index (κ1) is 23.0. The first-order valence-corrected chi connectivity index (χ1v) is 14.4. The monoisotopic (exact) mass is 527 g/mol. The summed E-state index contributed by atoms with van der Waals surface area (Å²) < 4.78 is 2.45. The normalized spacial score (nSPS) is 11.5. The fourth-order valence-electron chi connectivity index (χ4n) is 6.08. The highest BCUT2D eigenvalue weighted by molar-refractivity contribution is 7.21. The van der Waals surface area contributed by atoms with Crippen LogP contribution in [0.25, 0.3) is 70.3 Å². The molecule has 8 aromatic rings. The molecule has 0 saturated carbocycles. The van der Waals surface area contributed by atoms with Crippen molar-refractivity contribution in [2.24, 2.45) is 0 Å². The number of nitrogens with zero attached hydrogens (tertiary/aromatic N) is 1. The van der Waals surface area contributed by atoms with E-state index < -0.39 is 0 Å². The Balaban J connectivity index is 1.55. The van der Waals surface area contributed by atoms with Crippen molar-refractivity contribution in [1.29, 1.82) is 0 Å². The molecule has 0 fully saturated rings. The Hall–Kier alpha value is -4.92. The third kappa shape index (κ3) is 3.54. The molecule has 0 aliphatic heterocycles. The molecule has 0 atom stereocenters. The summed E-state index contributed by atoms with van der Waals surface area (Å²) in [6.45, 7) is 0. The van der Waals surface area contributed by atoms with Crippen molar-refractivity contribution in [2.75, 3.05) is 0 Å². The van der Waals surface area contributed by atoms with Crippen molar-refractivity contribution in [3.05, 3.63) is 152 Å². The van der Waals surface area contributed by atoms with Crippen LogP contribution >= 0.6 is 11.3 Å². The summed E-state index contributed by atoms with van der Waals surface area (Å²) in [5.41, 5.74) is 8.65. The lowest BCUT2D eigenvalue weighted by Gasteiger charge is -2.15. The minimum atomic E-state index is 1.17. The van der Waals surface area contributed by atoms with Gasteiger partial charge in [0.05, 0.1) is 11.0 Å². The molecule has 2 aromatic heterocycles. The third-order valence-corrected chi connectivity index (χ3v) is 9.12. The molecule has 2 heteroatoms. The molecule has 0 saturated heterocycles. The van der Waals surface area contributed by atoms with Gasteiger partial charge in [-0.25, -0.2) is 0 Å². The van der Waals surface area contributed by atoms with Crippen LogP contribution in [0, 0.1) is 0 Å². The summed E-state index contributed by atoms with van der Waals surface area (Å²) in [6, 6.07) is 54.7. The molecule has 0 bridgehead atoms. The highest BCUT2D eigenvalue weighted by Gasteiger charge is 2.23. The van der Waals surface area contributed by atoms with Crippen molar-refractivity contribution in [2.45, 2.75) is 0 Å². The number of aromatic nitrogens is 1. The molecular formula is C38H25NS. The number of para-hydroxylation sites is 2. The zero-order valence-corrected chi connectivity index (χ0v) is 22.6. The van der Waals surface area contributed by atoms with Crippen LogP contribution < -0.4 is 0 Å². The second kappa shape index (κ2) is 9.37. The van der Waals surface area contributed by atoms with Gasteiger partial charge in [0.2, 0.25) is 0 Å². The first-order chi connectivity index (χ1) is 19.9. The second-order valence-electron chi connectivity index (χ2n) is 10.1. The van der Waals surface area contributed by atoms with Crippen LogP contribution in [0.3, 0.4) is 0 Å². The minimum absolute atomic E-state index is 1.17. The smallest absolute Gasteiger partial charge is 0.0626 e. The van der Waals surface area contributed by atoms with E-state index in [9.17, 15) is 0 Å². The lowest BCUT2D eigenvalue weighted by molar-refractivity contribution is 1.18. The van der Waals surface area contributed by atoms with E-state index in [4.69, 9.17) is 0 Å². The third-order valence-electron chi connectivity index (χ3n) is 7.81. The average molecular weight is 528 g/mol. The van der Waals surface area contributed by atoms with Gasteiger partial charge < -0.3 is 4.57 Å². The van der Waals surface area contributed by atoms with Gasteiger partial charge in [0.15, 0.2) is 0 Å². The topological polar surface area (TPSA) is 4.93 Å². The van der Waals surface area contributed by atoms with Gasteiger partial charge in [-0.2, -0.15) is 0 Å². The van der Waals surface area contributed by atoms with Crippen LogP contribution in [0.15, 0.2) is 152 Å². The predicted molar refractivity (Wildman–Crippen MR) is 172 cm³/mol. The molecule has 0 N–H and O–H groups in total. The molecule has 40 heavy (non-hydrogen) atoms. The number of hydrogen-bond donors (Lipinski definition) is 0. The van der Waals surface area contributed by atoms with Gasteiger partial charge in [0.1, 0.15) is 0 Å². The summed E-state index contributed by atoms with van der Waals surface area (Å²) in [4.78, 5) is 2.62. The van der Waals surface area contributed by atoms with E-state index in [1.54, 1.807) is 0 Å². The Bertz CT molecular complexity index is 2140. The lowest BCUT2D eigenvalue weighted by atomic mass is 9.94. The molecule has 0 amide bonds. The van der Waals surface area contributed by atoms with E-state index in [0.29, 0.717) is 0 Å². The lowest BCUT2D eigenvalue weighted by Crippen LogP contribution is -1.96. The minimum Gasteiger partial charge on any atom is -0.309 e. The molecule has 0 unspecified atom stereocenters. The number of hydrogen-bond acceptors (Lipinski definition) is 1. The van der Waals surface area contributed by atoms with E-state index in [-0.39, 0.29) is 0 Å². The maximum absolute atomic E-state index is 2.45. The summed E-state index contributed by atoms with van der Waals surface area (Å²) in [5, 5.41) is 5.14. The maximum Gasteiger partial charge on any atom is 0.0626 e. The Morgan fingerprint density at radius 2 is 0.950 bits per heavy atom. The zero-order valence-electron chi connectivity index (χ0n) is 21.8. The molecule has 0 radical (unpaired) electrons. The highest BCUT2D eigenvalue weighted by atomic mass is 32.1. The summed E-state index contributed by atoms with van der Waals surface area (Å²) in [7, 11) is 0. The van der Waals surface area contributed by atoms with E-state index in [0.717, 1.165) is 0 Å². The van der Waals surface area contributed by atoms with Crippen molar-refractivity contribution in [3.8, 4) is 37.7 Å². The Morgan fingerprint density at radius 3 is 1.65 bits per heavy atom. The van der Waals surface area contributed by atoms with Crippen molar-refractivity contribution < 1.29 is 0 Å². The van der Waals surface area contributed by atoms with Gasteiger partial charge >= 0.3 is 0 Å². The zero-order chi connectivity index (χ0) is 26.5. The number of thiophene rings is 1. The van der Waals surface area contributed by atoms with E-state index in [2.05, 4.69) is 156 Å². The van der Waals surface area contributed by atoms with Gasteiger partial charge in [-0.05, 0) is 29.3 Å². The SMILES string of the molecule is c1ccc(-c2sc(-c3ccc4c5ccccc5n(-c5ccccc5)c4c3-c3ccccc3)c3ccccc23)cc1. The average Bonchev–Trinajstić information content (AvgIpc) is 3.58. The molecule has 2 heterocycles. The highest BCUT2D eigenvalue weighted by Crippen LogP contribution is 2.49. The standard InChI is InChI=1S/C38H25NS/c1-4-14-26(15-5-1)35-33(38-32-22-11-10-21-31(32)37(40-38)27-16-6-2-7-17-27)25-24-30-29-20-12-13-23-34(29)39(36(30)35)28-18-8-3-9-19-28/h1-25H. The van der Waals surface area contributed by atoms with Crippen LogP contribution in [0.2, 0.25) is 0 Å². The van der Waals surface area contributed by atoms with E-state index in [1.807, 2.05) is 11.3 Å². The number of benzene rings is 6. The van der Waals surface area contributed by atoms with Gasteiger partial charge in [0, 0.05) is 48.1 Å². The van der Waals surface area contributed by atoms with Crippen LogP contribution in [0.4, 0.5) is 0 Å². The van der Waals surface area contributed by atoms with Crippen LogP contribution in [0.5, 0.6) is 0 Å². The molecule has 6 aromatic carbocycles. The van der Waals surface area contributed by atoms with Gasteiger partial charge in [-0.15, -0.1) is 11.3 Å². The van der Waals surface area contributed by atoms with Crippen molar-refractivity contribution in [1.82, 2.24) is 4.57 Å². The number of fused-ring (bicyclic) bond motifs is 4. The molecule has 0 aliphatic carbocycles. The largest absolute Gasteiger partial charge is 0.309 e. The first-order valence-electron chi connectivity index (χ1n) is 13.6. The quantitative estimate of drug-likeness (QED) is 0.214. The fourth-order valence-corrected chi connectivity index (χ4v) is 7.40. The molecule has 1 nitrogen and oxygen atoms in total. The second-order valence-corrected chi connectivity index (χ2v) is 11.1. The number of rotatable bonds is 4. The Morgan fingerprint density at radius 1 is 0.400 bits per heavy atom. The van der Waals surface area contributed by atoms with E-state index in [1.165, 1.54) is 70.3 Å². The molecule has 8 rings (SSSR count). The summed E-state index contributed by atoms with van der Waals surface area (Å²) in [5.74, 6) is 0.